The summed E-state index contributed by atoms with van der Waals surface area (Å²) in [6.45, 7) is 3.06. The van der Waals surface area contributed by atoms with Crippen LogP contribution in [0.4, 0.5) is 0 Å². The van der Waals surface area contributed by atoms with Crippen LogP contribution in [0.3, 0.4) is 0 Å². The maximum atomic E-state index is 12.3. The van der Waals surface area contributed by atoms with Crippen molar-refractivity contribution in [3.8, 4) is 11.8 Å². The van der Waals surface area contributed by atoms with Crippen LogP contribution in [0.1, 0.15) is 51.0 Å². The molecule has 2 bridgehead atoms. The summed E-state index contributed by atoms with van der Waals surface area (Å²) < 4.78 is 0. The smallest absolute Gasteiger partial charge is 0.147 e. The maximum Gasteiger partial charge on any atom is 0.147 e. The largest absolute Gasteiger partial charge is 0.298 e. The Balaban J connectivity index is 1.60. The van der Waals surface area contributed by atoms with Crippen molar-refractivity contribution in [2.45, 2.75) is 64.1 Å². The molecule has 0 amide bonds. The quantitative estimate of drug-likeness (QED) is 0.787. The molecule has 2 atom stereocenters. The number of benzene rings is 1. The fraction of sp³-hybridized carbons (Fsp3) is 0.550. The van der Waals surface area contributed by atoms with Crippen LogP contribution in [-0.2, 0) is 11.3 Å². The number of piperidine rings is 1. The van der Waals surface area contributed by atoms with Gasteiger partial charge in [0.05, 0.1) is 6.42 Å². The molecule has 1 aromatic carbocycles. The Kier molecular flexibility index (Phi) is 4.95. The van der Waals surface area contributed by atoms with Crippen molar-refractivity contribution in [3.63, 3.8) is 0 Å². The standard InChI is InChI=1S/C20H25NO/c1-2-3-5-10-20(22)17-13-18-11-12-19(14-17)21(18)15-16-8-6-4-7-9-16/h4,6-9,17-19H,2,10-15H2,1H3. The van der Waals surface area contributed by atoms with Crippen LogP contribution in [0, 0.1) is 17.8 Å². The summed E-state index contributed by atoms with van der Waals surface area (Å²) in [6, 6.07) is 11.9. The lowest BCUT2D eigenvalue weighted by molar-refractivity contribution is -0.124. The summed E-state index contributed by atoms with van der Waals surface area (Å²) in [7, 11) is 0. The summed E-state index contributed by atoms with van der Waals surface area (Å²) >= 11 is 0. The van der Waals surface area contributed by atoms with Crippen molar-refractivity contribution in [3.05, 3.63) is 35.9 Å². The summed E-state index contributed by atoms with van der Waals surface area (Å²) in [6.07, 6.45) is 5.88. The molecule has 2 aliphatic heterocycles. The maximum absolute atomic E-state index is 12.3. The summed E-state index contributed by atoms with van der Waals surface area (Å²) in [4.78, 5) is 15.0. The van der Waals surface area contributed by atoms with Crippen LogP contribution in [0.25, 0.3) is 0 Å². The Morgan fingerprint density at radius 2 is 1.82 bits per heavy atom. The van der Waals surface area contributed by atoms with Gasteiger partial charge in [0, 0.05) is 31.0 Å². The third kappa shape index (κ3) is 3.42. The molecule has 0 aliphatic carbocycles. The molecule has 2 aliphatic rings. The van der Waals surface area contributed by atoms with Crippen molar-refractivity contribution >= 4 is 5.78 Å². The second-order valence-corrected chi connectivity index (χ2v) is 6.56. The zero-order valence-corrected chi connectivity index (χ0v) is 13.4. The number of carbonyl (C=O) groups is 1. The number of fused-ring (bicyclic) bond motifs is 2. The van der Waals surface area contributed by atoms with Gasteiger partial charge in [-0.15, -0.1) is 5.92 Å². The highest BCUT2D eigenvalue weighted by atomic mass is 16.1. The molecule has 116 valence electrons. The molecule has 3 rings (SSSR count). The molecule has 2 unspecified atom stereocenters. The van der Waals surface area contributed by atoms with Gasteiger partial charge in [-0.25, -0.2) is 0 Å². The molecule has 0 radical (unpaired) electrons. The van der Waals surface area contributed by atoms with Gasteiger partial charge in [0.2, 0.25) is 0 Å². The SMILES string of the molecule is CCC#CCC(=O)C1CC2CCC(C1)N2Cc1ccccc1. The molecule has 2 heteroatoms. The second-order valence-electron chi connectivity index (χ2n) is 6.56. The van der Waals surface area contributed by atoms with Gasteiger partial charge in [-0.3, -0.25) is 9.69 Å². The van der Waals surface area contributed by atoms with Crippen molar-refractivity contribution in [1.29, 1.82) is 0 Å². The zero-order valence-electron chi connectivity index (χ0n) is 13.4. The van der Waals surface area contributed by atoms with E-state index >= 15 is 0 Å². The predicted octanol–water partition coefficient (Wildman–Crippen LogP) is 3.80. The van der Waals surface area contributed by atoms with Gasteiger partial charge in [0.25, 0.3) is 0 Å². The van der Waals surface area contributed by atoms with Crippen molar-refractivity contribution in [1.82, 2.24) is 4.90 Å². The van der Waals surface area contributed by atoms with Gasteiger partial charge in [-0.2, -0.15) is 0 Å². The average Bonchev–Trinajstić information content (AvgIpc) is 2.77. The van der Waals surface area contributed by atoms with Gasteiger partial charge in [-0.05, 0) is 31.2 Å². The number of ketones is 1. The minimum Gasteiger partial charge on any atom is -0.298 e. The Bertz CT molecular complexity index is 554. The molecule has 2 saturated heterocycles. The average molecular weight is 295 g/mol. The molecule has 0 aromatic heterocycles. The van der Waals surface area contributed by atoms with Crippen LogP contribution in [0.15, 0.2) is 30.3 Å². The first kappa shape index (κ1) is 15.3. The van der Waals surface area contributed by atoms with E-state index in [1.807, 2.05) is 6.92 Å². The van der Waals surface area contributed by atoms with E-state index in [9.17, 15) is 4.79 Å². The number of hydrogen-bond donors (Lipinski definition) is 0. The molecular formula is C20H25NO. The highest BCUT2D eigenvalue weighted by molar-refractivity contribution is 5.83. The van der Waals surface area contributed by atoms with Crippen LogP contribution in [0.5, 0.6) is 0 Å². The topological polar surface area (TPSA) is 20.3 Å². The summed E-state index contributed by atoms with van der Waals surface area (Å²) in [5.41, 5.74) is 1.39. The fourth-order valence-corrected chi connectivity index (χ4v) is 4.01. The Hall–Kier alpha value is -1.59. The third-order valence-corrected chi connectivity index (χ3v) is 5.11. The molecule has 2 heterocycles. The lowest BCUT2D eigenvalue weighted by atomic mass is 9.86. The number of Topliss-reactive ketones (excluding diaryl/α,β-unsaturated/α-hetero) is 1. The Morgan fingerprint density at radius 3 is 2.45 bits per heavy atom. The first-order valence-electron chi connectivity index (χ1n) is 8.56. The van der Waals surface area contributed by atoms with Crippen LogP contribution < -0.4 is 0 Å². The number of rotatable bonds is 4. The first-order chi connectivity index (χ1) is 10.8. The molecule has 0 saturated carbocycles. The monoisotopic (exact) mass is 295 g/mol. The van der Waals surface area contributed by atoms with Gasteiger partial charge in [0.15, 0.2) is 0 Å². The molecule has 2 nitrogen and oxygen atoms in total. The van der Waals surface area contributed by atoms with E-state index < -0.39 is 0 Å². The van der Waals surface area contributed by atoms with E-state index in [1.54, 1.807) is 0 Å². The number of nitrogens with zero attached hydrogens (tertiary/aromatic N) is 1. The Labute approximate surface area is 133 Å². The number of carbonyl (C=O) groups excluding carboxylic acids is 1. The molecular weight excluding hydrogens is 270 g/mol. The third-order valence-electron chi connectivity index (χ3n) is 5.11. The van der Waals surface area contributed by atoms with Crippen LogP contribution in [0.2, 0.25) is 0 Å². The molecule has 2 fully saturated rings. The van der Waals surface area contributed by atoms with Gasteiger partial charge < -0.3 is 0 Å². The van der Waals surface area contributed by atoms with Gasteiger partial charge in [-0.1, -0.05) is 43.2 Å². The lowest BCUT2D eigenvalue weighted by Crippen LogP contribution is -2.44. The lowest BCUT2D eigenvalue weighted by Gasteiger charge is -2.38. The fourth-order valence-electron chi connectivity index (χ4n) is 4.01. The van der Waals surface area contributed by atoms with Crippen molar-refractivity contribution in [2.24, 2.45) is 5.92 Å². The second kappa shape index (κ2) is 7.11. The first-order valence-corrected chi connectivity index (χ1v) is 8.56. The van der Waals surface area contributed by atoms with Gasteiger partial charge in [0.1, 0.15) is 5.78 Å². The summed E-state index contributed by atoms with van der Waals surface area (Å²) in [5.74, 6) is 6.66. The molecule has 0 spiro atoms. The highest BCUT2D eigenvalue weighted by Gasteiger charge is 2.42. The van der Waals surface area contributed by atoms with Crippen LogP contribution >= 0.6 is 0 Å². The zero-order chi connectivity index (χ0) is 15.4. The van der Waals surface area contributed by atoms with Crippen LogP contribution in [-0.4, -0.2) is 22.8 Å². The van der Waals surface area contributed by atoms with E-state index in [-0.39, 0.29) is 5.92 Å². The van der Waals surface area contributed by atoms with E-state index in [1.165, 1.54) is 18.4 Å². The van der Waals surface area contributed by atoms with Gasteiger partial charge >= 0.3 is 0 Å². The predicted molar refractivity (Wildman–Crippen MR) is 89.2 cm³/mol. The van der Waals surface area contributed by atoms with Crippen molar-refractivity contribution in [2.75, 3.05) is 0 Å². The molecule has 22 heavy (non-hydrogen) atoms. The van der Waals surface area contributed by atoms with E-state index in [0.29, 0.717) is 24.3 Å². The Morgan fingerprint density at radius 1 is 1.14 bits per heavy atom. The van der Waals surface area contributed by atoms with E-state index in [4.69, 9.17) is 0 Å². The molecule has 1 aromatic rings. The molecule has 0 N–H and O–H groups in total. The minimum atomic E-state index is 0.246. The normalized spacial score (nSPS) is 27.2. The van der Waals surface area contributed by atoms with Crippen molar-refractivity contribution < 1.29 is 4.79 Å². The summed E-state index contributed by atoms with van der Waals surface area (Å²) in [5, 5.41) is 0. The minimum absolute atomic E-state index is 0.246. The highest BCUT2D eigenvalue weighted by Crippen LogP contribution is 2.40. The van der Waals surface area contributed by atoms with E-state index in [0.717, 1.165) is 25.8 Å². The number of hydrogen-bond acceptors (Lipinski definition) is 2. The van der Waals surface area contributed by atoms with E-state index in [2.05, 4.69) is 47.1 Å².